The van der Waals surface area contributed by atoms with Crippen molar-refractivity contribution in [3.05, 3.63) is 15.9 Å². The van der Waals surface area contributed by atoms with Gasteiger partial charge in [-0.25, -0.2) is 0 Å². The largest absolute Gasteiger partial charge is 0.389 e. The van der Waals surface area contributed by atoms with Gasteiger partial charge in [-0.1, -0.05) is 19.8 Å². The van der Waals surface area contributed by atoms with Gasteiger partial charge in [-0.05, 0) is 41.6 Å². The van der Waals surface area contributed by atoms with Crippen molar-refractivity contribution in [2.45, 2.75) is 51.6 Å². The summed E-state index contributed by atoms with van der Waals surface area (Å²) in [6.07, 6.45) is 4.99. The molecule has 17 heavy (non-hydrogen) atoms. The molecule has 0 radical (unpaired) electrons. The number of hydrogen-bond acceptors (Lipinski definition) is 2. The molecule has 1 fully saturated rings. The van der Waals surface area contributed by atoms with Gasteiger partial charge >= 0.3 is 0 Å². The Hall–Kier alpha value is -0.350. The van der Waals surface area contributed by atoms with E-state index in [-0.39, 0.29) is 0 Å². The van der Waals surface area contributed by atoms with E-state index in [4.69, 9.17) is 0 Å². The van der Waals surface area contributed by atoms with Gasteiger partial charge < -0.3 is 5.11 Å². The minimum absolute atomic E-state index is 0.435. The maximum absolute atomic E-state index is 10.8. The van der Waals surface area contributed by atoms with E-state index in [0.29, 0.717) is 12.3 Å². The van der Waals surface area contributed by atoms with Crippen molar-refractivity contribution in [3.63, 3.8) is 0 Å². The molecule has 1 N–H and O–H groups in total. The summed E-state index contributed by atoms with van der Waals surface area (Å²) >= 11 is 3.58. The third-order valence-electron chi connectivity index (χ3n) is 4.15. The highest BCUT2D eigenvalue weighted by molar-refractivity contribution is 9.10. The second-order valence-corrected chi connectivity index (χ2v) is 6.04. The molecule has 0 bridgehead atoms. The molecule has 4 heteroatoms. The Labute approximate surface area is 111 Å². The topological polar surface area (TPSA) is 38.1 Å². The van der Waals surface area contributed by atoms with Crippen LogP contribution in [-0.2, 0) is 13.5 Å². The zero-order valence-corrected chi connectivity index (χ0v) is 12.4. The molecule has 1 aromatic heterocycles. The fraction of sp³-hybridized carbons (Fsp3) is 0.769. The lowest BCUT2D eigenvalue weighted by atomic mass is 9.85. The first kappa shape index (κ1) is 13.1. The van der Waals surface area contributed by atoms with Crippen LogP contribution in [0.1, 0.15) is 44.0 Å². The predicted molar refractivity (Wildman–Crippen MR) is 71.9 cm³/mol. The minimum Gasteiger partial charge on any atom is -0.389 e. The lowest BCUT2D eigenvalue weighted by Crippen LogP contribution is -2.36. The van der Waals surface area contributed by atoms with Crippen LogP contribution in [0.4, 0.5) is 0 Å². The van der Waals surface area contributed by atoms with E-state index in [9.17, 15) is 5.11 Å². The Balaban J connectivity index is 2.25. The molecule has 1 aliphatic rings. The highest BCUT2D eigenvalue weighted by Gasteiger charge is 2.41. The van der Waals surface area contributed by atoms with Gasteiger partial charge in [0.05, 0.1) is 21.5 Å². The first-order valence-corrected chi connectivity index (χ1v) is 7.17. The van der Waals surface area contributed by atoms with Crippen LogP contribution in [0.2, 0.25) is 0 Å². The third kappa shape index (κ3) is 2.29. The van der Waals surface area contributed by atoms with Crippen LogP contribution in [0.3, 0.4) is 0 Å². The zero-order valence-electron chi connectivity index (χ0n) is 10.8. The van der Waals surface area contributed by atoms with Crippen molar-refractivity contribution in [1.82, 2.24) is 9.78 Å². The van der Waals surface area contributed by atoms with Gasteiger partial charge in [0.15, 0.2) is 0 Å². The SMILES string of the molecule is CCC1CCCC1(O)Cc1c(Br)c(C)nn1C. The normalized spacial score (nSPS) is 28.9. The summed E-state index contributed by atoms with van der Waals surface area (Å²) in [6.45, 7) is 4.16. The Morgan fingerprint density at radius 3 is 2.82 bits per heavy atom. The molecule has 1 aliphatic carbocycles. The number of aliphatic hydroxyl groups is 1. The van der Waals surface area contributed by atoms with Crippen LogP contribution in [0, 0.1) is 12.8 Å². The highest BCUT2D eigenvalue weighted by atomic mass is 79.9. The number of hydrogen-bond donors (Lipinski definition) is 1. The highest BCUT2D eigenvalue weighted by Crippen LogP contribution is 2.41. The summed E-state index contributed by atoms with van der Waals surface area (Å²) < 4.78 is 2.94. The molecule has 3 nitrogen and oxygen atoms in total. The molecular weight excluding hydrogens is 280 g/mol. The molecule has 2 atom stereocenters. The first-order chi connectivity index (χ1) is 7.98. The minimum atomic E-state index is -0.530. The molecule has 1 saturated carbocycles. The summed E-state index contributed by atoms with van der Waals surface area (Å²) in [4.78, 5) is 0. The Morgan fingerprint density at radius 2 is 2.29 bits per heavy atom. The van der Waals surface area contributed by atoms with Crippen molar-refractivity contribution in [1.29, 1.82) is 0 Å². The average Bonchev–Trinajstić information content (AvgIpc) is 2.75. The van der Waals surface area contributed by atoms with Crippen molar-refractivity contribution in [2.24, 2.45) is 13.0 Å². The summed E-state index contributed by atoms with van der Waals surface area (Å²) in [5, 5.41) is 15.2. The maximum Gasteiger partial charge on any atom is 0.0738 e. The van der Waals surface area contributed by atoms with Crippen LogP contribution in [-0.4, -0.2) is 20.5 Å². The fourth-order valence-corrected chi connectivity index (χ4v) is 3.58. The average molecular weight is 301 g/mol. The molecule has 96 valence electrons. The molecule has 0 spiro atoms. The van der Waals surface area contributed by atoms with Crippen molar-refractivity contribution >= 4 is 15.9 Å². The molecule has 1 aromatic rings. The molecule has 0 amide bonds. The fourth-order valence-electron chi connectivity index (χ4n) is 3.11. The quantitative estimate of drug-likeness (QED) is 0.932. The third-order valence-corrected chi connectivity index (χ3v) is 5.18. The van der Waals surface area contributed by atoms with Crippen LogP contribution in [0.5, 0.6) is 0 Å². The zero-order chi connectivity index (χ0) is 12.6. The van der Waals surface area contributed by atoms with Gasteiger partial charge in [0.2, 0.25) is 0 Å². The smallest absolute Gasteiger partial charge is 0.0738 e. The van der Waals surface area contributed by atoms with Gasteiger partial charge in [0, 0.05) is 13.5 Å². The van der Waals surface area contributed by atoms with Crippen LogP contribution >= 0.6 is 15.9 Å². The number of rotatable bonds is 3. The molecule has 2 unspecified atom stereocenters. The summed E-state index contributed by atoms with van der Waals surface area (Å²) in [7, 11) is 1.95. The van der Waals surface area contributed by atoms with Gasteiger partial charge in [0.1, 0.15) is 0 Å². The molecule has 1 heterocycles. The van der Waals surface area contributed by atoms with Crippen molar-refractivity contribution in [3.8, 4) is 0 Å². The van der Waals surface area contributed by atoms with E-state index < -0.39 is 5.60 Å². The van der Waals surface area contributed by atoms with E-state index >= 15 is 0 Å². The van der Waals surface area contributed by atoms with Gasteiger partial charge in [0.25, 0.3) is 0 Å². The first-order valence-electron chi connectivity index (χ1n) is 6.38. The lowest BCUT2D eigenvalue weighted by Gasteiger charge is -2.29. The number of halogens is 1. The molecular formula is C13H21BrN2O. The molecule has 0 aliphatic heterocycles. The standard InChI is InChI=1S/C13H21BrN2O/c1-4-10-6-5-7-13(10,17)8-11-12(14)9(2)15-16(11)3/h10,17H,4-8H2,1-3H3. The van der Waals surface area contributed by atoms with E-state index in [2.05, 4.69) is 28.0 Å². The van der Waals surface area contributed by atoms with E-state index in [1.54, 1.807) is 0 Å². The van der Waals surface area contributed by atoms with Gasteiger partial charge in [-0.2, -0.15) is 5.10 Å². The monoisotopic (exact) mass is 300 g/mol. The van der Waals surface area contributed by atoms with E-state index in [1.807, 2.05) is 18.7 Å². The number of aryl methyl sites for hydroxylation is 2. The van der Waals surface area contributed by atoms with Crippen LogP contribution < -0.4 is 0 Å². The number of nitrogens with zero attached hydrogens (tertiary/aromatic N) is 2. The summed E-state index contributed by atoms with van der Waals surface area (Å²) in [6, 6.07) is 0. The summed E-state index contributed by atoms with van der Waals surface area (Å²) in [5.74, 6) is 0.435. The Kier molecular flexibility index (Phi) is 3.64. The van der Waals surface area contributed by atoms with Crippen molar-refractivity contribution in [2.75, 3.05) is 0 Å². The maximum atomic E-state index is 10.8. The Bertz CT molecular complexity index is 416. The second kappa shape index (κ2) is 4.73. The van der Waals surface area contributed by atoms with Crippen LogP contribution in [0.15, 0.2) is 4.47 Å². The lowest BCUT2D eigenvalue weighted by molar-refractivity contribution is -0.000254. The number of aromatic nitrogens is 2. The van der Waals surface area contributed by atoms with E-state index in [0.717, 1.165) is 41.5 Å². The molecule has 2 rings (SSSR count). The van der Waals surface area contributed by atoms with E-state index in [1.165, 1.54) is 0 Å². The second-order valence-electron chi connectivity index (χ2n) is 5.25. The van der Waals surface area contributed by atoms with Gasteiger partial charge in [-0.3, -0.25) is 4.68 Å². The predicted octanol–water partition coefficient (Wildman–Crippen LogP) is 2.97. The molecule has 0 aromatic carbocycles. The van der Waals surface area contributed by atoms with Crippen molar-refractivity contribution < 1.29 is 5.11 Å². The van der Waals surface area contributed by atoms with Crippen LogP contribution in [0.25, 0.3) is 0 Å². The van der Waals surface area contributed by atoms with Gasteiger partial charge in [-0.15, -0.1) is 0 Å². The Morgan fingerprint density at radius 1 is 1.59 bits per heavy atom. The summed E-state index contributed by atoms with van der Waals surface area (Å²) in [5.41, 5.74) is 1.58. The molecule has 0 saturated heterocycles.